The lowest BCUT2D eigenvalue weighted by Gasteiger charge is -2.11. The summed E-state index contributed by atoms with van der Waals surface area (Å²) >= 11 is 0. The quantitative estimate of drug-likeness (QED) is 0.627. The van der Waals surface area contributed by atoms with Crippen LogP contribution in [0.4, 0.5) is 23.7 Å². The predicted octanol–water partition coefficient (Wildman–Crippen LogP) is 4.25. The maximum absolute atomic E-state index is 12.9. The Morgan fingerprint density at radius 1 is 0.967 bits per heavy atom. The number of sulfone groups is 1. The van der Waals surface area contributed by atoms with Crippen molar-refractivity contribution in [2.75, 3.05) is 5.32 Å². The van der Waals surface area contributed by atoms with Crippen molar-refractivity contribution in [3.8, 4) is 0 Å². The molecule has 6 nitrogen and oxygen atoms in total. The molecule has 0 aliphatic rings. The number of alkyl halides is 3. The average Bonchev–Trinajstić information content (AvgIpc) is 2.73. The smallest absolute Gasteiger partial charge is 0.334 e. The second kappa shape index (κ2) is 8.54. The Morgan fingerprint density at radius 2 is 1.70 bits per heavy atom. The third-order valence-electron chi connectivity index (χ3n) is 4.07. The summed E-state index contributed by atoms with van der Waals surface area (Å²) in [7, 11) is -4.15. The Balaban J connectivity index is 1.69. The number of aromatic nitrogens is 1. The van der Waals surface area contributed by atoms with Crippen LogP contribution in [0, 0.1) is 0 Å². The minimum absolute atomic E-state index is 0.192. The molecule has 0 atom stereocenters. The molecule has 30 heavy (non-hydrogen) atoms. The molecule has 0 aliphatic carbocycles. The van der Waals surface area contributed by atoms with Crippen LogP contribution in [0.15, 0.2) is 82.8 Å². The number of amides is 2. The van der Waals surface area contributed by atoms with Crippen LogP contribution >= 0.6 is 0 Å². The molecule has 156 valence electrons. The number of nitrogens with one attached hydrogen (secondary N) is 2. The van der Waals surface area contributed by atoms with Crippen LogP contribution in [0.25, 0.3) is 0 Å². The van der Waals surface area contributed by atoms with Gasteiger partial charge in [0.05, 0.1) is 15.4 Å². The highest BCUT2D eigenvalue weighted by molar-refractivity contribution is 7.91. The first-order valence-electron chi connectivity index (χ1n) is 8.62. The molecular weight excluding hydrogens is 419 g/mol. The molecule has 0 unspecified atom stereocenters. The Hall–Kier alpha value is -3.40. The van der Waals surface area contributed by atoms with Gasteiger partial charge in [0, 0.05) is 24.6 Å². The van der Waals surface area contributed by atoms with Crippen molar-refractivity contribution in [2.45, 2.75) is 22.5 Å². The third-order valence-corrected chi connectivity index (χ3v) is 5.84. The Kier molecular flexibility index (Phi) is 6.06. The number of anilines is 1. The number of carbonyl (C=O) groups is 1. The number of nitrogens with zero attached hydrogens (tertiary/aromatic N) is 1. The molecule has 1 heterocycles. The summed E-state index contributed by atoms with van der Waals surface area (Å²) in [6.45, 7) is 0.252. The summed E-state index contributed by atoms with van der Waals surface area (Å²) in [5, 5.41) is 5.17. The fourth-order valence-corrected chi connectivity index (χ4v) is 3.86. The monoisotopic (exact) mass is 435 g/mol. The van der Waals surface area contributed by atoms with Crippen molar-refractivity contribution in [2.24, 2.45) is 0 Å². The summed E-state index contributed by atoms with van der Waals surface area (Å²) in [5.41, 5.74) is 0.0732. The zero-order valence-electron chi connectivity index (χ0n) is 15.3. The largest absolute Gasteiger partial charge is 0.416 e. The molecule has 2 aromatic carbocycles. The molecule has 0 radical (unpaired) electrons. The number of pyridine rings is 1. The van der Waals surface area contributed by atoms with Gasteiger partial charge in [-0.3, -0.25) is 4.98 Å². The van der Waals surface area contributed by atoms with Crippen LogP contribution in [0.2, 0.25) is 0 Å². The van der Waals surface area contributed by atoms with E-state index >= 15 is 0 Å². The maximum atomic E-state index is 12.9. The number of benzene rings is 2. The van der Waals surface area contributed by atoms with E-state index < -0.39 is 32.5 Å². The molecule has 1 aromatic heterocycles. The molecule has 0 fully saturated rings. The number of urea groups is 1. The molecule has 0 saturated carbocycles. The summed E-state index contributed by atoms with van der Waals surface area (Å²) < 4.78 is 63.8. The van der Waals surface area contributed by atoms with E-state index in [1.54, 1.807) is 24.5 Å². The van der Waals surface area contributed by atoms with Gasteiger partial charge in [-0.2, -0.15) is 13.2 Å². The lowest BCUT2D eigenvalue weighted by atomic mass is 10.2. The van der Waals surface area contributed by atoms with Crippen molar-refractivity contribution < 1.29 is 26.4 Å². The normalized spacial score (nSPS) is 11.7. The molecule has 0 spiro atoms. The predicted molar refractivity (Wildman–Crippen MR) is 103 cm³/mol. The van der Waals surface area contributed by atoms with Crippen LogP contribution < -0.4 is 10.6 Å². The number of hydrogen-bond acceptors (Lipinski definition) is 4. The van der Waals surface area contributed by atoms with Crippen LogP contribution in [0.3, 0.4) is 0 Å². The van der Waals surface area contributed by atoms with Gasteiger partial charge in [-0.25, -0.2) is 13.2 Å². The van der Waals surface area contributed by atoms with Gasteiger partial charge >= 0.3 is 12.2 Å². The van der Waals surface area contributed by atoms with E-state index in [0.717, 1.165) is 23.8 Å². The van der Waals surface area contributed by atoms with Crippen molar-refractivity contribution >= 4 is 21.6 Å². The van der Waals surface area contributed by atoms with Crippen LogP contribution in [-0.2, 0) is 22.6 Å². The zero-order chi connectivity index (χ0) is 21.8. The highest BCUT2D eigenvalue weighted by Gasteiger charge is 2.32. The van der Waals surface area contributed by atoms with Gasteiger partial charge in [-0.15, -0.1) is 0 Å². The molecule has 0 saturated heterocycles. The van der Waals surface area contributed by atoms with Gasteiger partial charge in [0.25, 0.3) is 0 Å². The SMILES string of the molecule is O=C(NCc1cccnc1)Nc1ccc(S(=O)(=O)c2cccc(C(F)(F)F)c2)cc1. The van der Waals surface area contributed by atoms with Crippen LogP contribution in [0.5, 0.6) is 0 Å². The number of halogens is 3. The van der Waals surface area contributed by atoms with E-state index in [-0.39, 0.29) is 11.4 Å². The number of rotatable bonds is 5. The molecule has 3 aromatic rings. The topological polar surface area (TPSA) is 88.2 Å². The fourth-order valence-electron chi connectivity index (χ4n) is 2.55. The summed E-state index contributed by atoms with van der Waals surface area (Å²) in [5.74, 6) is 0. The van der Waals surface area contributed by atoms with Gasteiger partial charge in [-0.05, 0) is 54.1 Å². The van der Waals surface area contributed by atoms with Gasteiger partial charge < -0.3 is 10.6 Å². The summed E-state index contributed by atoms with van der Waals surface area (Å²) in [4.78, 5) is 15.2. The number of carbonyl (C=O) groups excluding carboxylic acids is 1. The van der Waals surface area contributed by atoms with Gasteiger partial charge in [0.15, 0.2) is 0 Å². The summed E-state index contributed by atoms with van der Waals surface area (Å²) in [6.07, 6.45) is -1.44. The molecule has 3 rings (SSSR count). The van der Waals surface area contributed by atoms with E-state index in [1.807, 2.05) is 0 Å². The Labute approximate surface area is 170 Å². The van der Waals surface area contributed by atoms with E-state index in [1.165, 1.54) is 24.3 Å². The van der Waals surface area contributed by atoms with Crippen LogP contribution in [-0.4, -0.2) is 19.4 Å². The second-order valence-electron chi connectivity index (χ2n) is 6.22. The van der Waals surface area contributed by atoms with Crippen LogP contribution in [0.1, 0.15) is 11.1 Å². The van der Waals surface area contributed by atoms with Gasteiger partial charge in [-0.1, -0.05) is 12.1 Å². The highest BCUT2D eigenvalue weighted by atomic mass is 32.2. The van der Waals surface area contributed by atoms with Gasteiger partial charge in [0.1, 0.15) is 0 Å². The zero-order valence-corrected chi connectivity index (χ0v) is 16.2. The molecule has 0 bridgehead atoms. The van der Waals surface area contributed by atoms with Crippen molar-refractivity contribution in [1.82, 2.24) is 10.3 Å². The van der Waals surface area contributed by atoms with E-state index in [0.29, 0.717) is 11.8 Å². The molecule has 2 amide bonds. The van der Waals surface area contributed by atoms with E-state index in [4.69, 9.17) is 0 Å². The minimum atomic E-state index is -4.65. The first kappa shape index (κ1) is 21.3. The first-order chi connectivity index (χ1) is 14.2. The standard InChI is InChI=1S/C20H16F3N3O3S/c21-20(22,23)15-4-1-5-18(11-15)30(28,29)17-8-6-16(7-9-17)26-19(27)25-13-14-3-2-10-24-12-14/h1-12H,13H2,(H2,25,26,27). The average molecular weight is 435 g/mol. The maximum Gasteiger partial charge on any atom is 0.416 e. The van der Waals surface area contributed by atoms with Crippen molar-refractivity contribution in [3.63, 3.8) is 0 Å². The fraction of sp³-hybridized carbons (Fsp3) is 0.100. The third kappa shape index (κ3) is 5.15. The molecule has 10 heteroatoms. The Bertz CT molecular complexity index is 1130. The van der Waals surface area contributed by atoms with E-state index in [2.05, 4.69) is 15.6 Å². The first-order valence-corrected chi connectivity index (χ1v) is 10.1. The molecule has 2 N–H and O–H groups in total. The summed E-state index contributed by atoms with van der Waals surface area (Å²) in [6, 6.07) is 11.7. The minimum Gasteiger partial charge on any atom is -0.334 e. The van der Waals surface area contributed by atoms with E-state index in [9.17, 15) is 26.4 Å². The molecular formula is C20H16F3N3O3S. The van der Waals surface area contributed by atoms with Crippen molar-refractivity contribution in [3.05, 3.63) is 84.2 Å². The number of hydrogen-bond donors (Lipinski definition) is 2. The van der Waals surface area contributed by atoms with Crippen molar-refractivity contribution in [1.29, 1.82) is 0 Å². The van der Waals surface area contributed by atoms with Gasteiger partial charge in [0.2, 0.25) is 9.84 Å². The molecule has 0 aliphatic heterocycles. The lowest BCUT2D eigenvalue weighted by molar-refractivity contribution is -0.137. The lowest BCUT2D eigenvalue weighted by Crippen LogP contribution is -2.28. The Morgan fingerprint density at radius 3 is 2.33 bits per heavy atom. The second-order valence-corrected chi connectivity index (χ2v) is 8.17. The highest BCUT2D eigenvalue weighted by Crippen LogP contribution is 2.32.